The van der Waals surface area contributed by atoms with Crippen LogP contribution in [0.25, 0.3) is 44.0 Å². The number of benzene rings is 4. The van der Waals surface area contributed by atoms with E-state index >= 15 is 0 Å². The maximum absolute atomic E-state index is 5.08. The Morgan fingerprint density at radius 2 is 1.68 bits per heavy atom. The van der Waals surface area contributed by atoms with Gasteiger partial charge in [-0.25, -0.2) is 0 Å². The fourth-order valence-electron chi connectivity index (χ4n) is 4.52. The van der Waals surface area contributed by atoms with E-state index in [1.807, 2.05) is 18.3 Å². The third-order valence-electron chi connectivity index (χ3n) is 6.28. The number of nitrogens with one attached hydrogen (secondary N) is 2. The zero-order chi connectivity index (χ0) is 22.7. The standard InChI is InChI=1S/C29H25N3O2/c1-2-9-23-20(6-1)7-3-10-24(23)21-12-13-25-26(14-17-32-27(25)18-21)31-16-5-15-30-19-22-8-4-11-28-29(22)34-33-28/h1-4,6-14,17-18,30H,5,15-16,19H2,(H,31,32). The van der Waals surface area contributed by atoms with Gasteiger partial charge in [-0.05, 0) is 53.1 Å². The van der Waals surface area contributed by atoms with Crippen LogP contribution in [0.5, 0.6) is 0 Å². The molecule has 6 rings (SSSR count). The predicted molar refractivity (Wildman–Crippen MR) is 138 cm³/mol. The summed E-state index contributed by atoms with van der Waals surface area (Å²) in [6, 6.07) is 29.5. The molecule has 5 heteroatoms. The summed E-state index contributed by atoms with van der Waals surface area (Å²) in [5.74, 6) is 0. The van der Waals surface area contributed by atoms with Crippen LogP contribution >= 0.6 is 0 Å². The molecule has 0 saturated heterocycles. The summed E-state index contributed by atoms with van der Waals surface area (Å²) in [4.78, 5) is 4.65. The van der Waals surface area contributed by atoms with Crippen molar-refractivity contribution in [1.82, 2.24) is 10.3 Å². The summed E-state index contributed by atoms with van der Waals surface area (Å²) < 4.78 is 10.0. The molecular weight excluding hydrogens is 422 g/mol. The van der Waals surface area contributed by atoms with E-state index in [0.717, 1.165) is 59.4 Å². The molecule has 0 spiro atoms. The van der Waals surface area contributed by atoms with Crippen molar-refractivity contribution in [3.63, 3.8) is 0 Å². The highest BCUT2D eigenvalue weighted by molar-refractivity contribution is 6.00. The maximum Gasteiger partial charge on any atom is 0.230 e. The normalized spacial score (nSPS) is 11.5. The Balaban J connectivity index is 1.11. The molecule has 0 amide bonds. The van der Waals surface area contributed by atoms with Crippen molar-refractivity contribution < 1.29 is 9.15 Å². The summed E-state index contributed by atoms with van der Waals surface area (Å²) in [6.45, 7) is 2.55. The number of hydrogen-bond acceptors (Lipinski definition) is 5. The lowest BCUT2D eigenvalue weighted by Gasteiger charge is -2.12. The first-order valence-corrected chi connectivity index (χ1v) is 11.6. The zero-order valence-corrected chi connectivity index (χ0v) is 18.8. The quantitative estimate of drug-likeness (QED) is 0.195. The molecule has 2 aromatic heterocycles. The molecule has 6 aromatic rings. The van der Waals surface area contributed by atoms with Crippen LogP contribution in [0.1, 0.15) is 12.0 Å². The molecular formula is C29H25N3O2. The number of nitrogens with zero attached hydrogens (tertiary/aromatic N) is 1. The third kappa shape index (κ3) is 3.91. The summed E-state index contributed by atoms with van der Waals surface area (Å²) in [5.41, 5.74) is 7.31. The fraction of sp³-hybridized carbons (Fsp3) is 0.138. The smallest absolute Gasteiger partial charge is 0.230 e. The first-order chi connectivity index (χ1) is 16.9. The Labute approximate surface area is 197 Å². The van der Waals surface area contributed by atoms with Crippen molar-refractivity contribution in [2.45, 2.75) is 13.0 Å². The second kappa shape index (κ2) is 9.04. The monoisotopic (exact) mass is 447 g/mol. The van der Waals surface area contributed by atoms with Gasteiger partial charge in [-0.3, -0.25) is 14.1 Å². The lowest BCUT2D eigenvalue weighted by Crippen LogP contribution is -2.18. The molecule has 5 nitrogen and oxygen atoms in total. The molecule has 0 aliphatic heterocycles. The maximum atomic E-state index is 5.08. The van der Waals surface area contributed by atoms with Crippen LogP contribution in [-0.4, -0.2) is 18.1 Å². The molecule has 0 radical (unpaired) electrons. The van der Waals surface area contributed by atoms with Crippen molar-refractivity contribution in [2.24, 2.45) is 0 Å². The van der Waals surface area contributed by atoms with Crippen LogP contribution in [0.3, 0.4) is 0 Å². The van der Waals surface area contributed by atoms with Crippen LogP contribution < -0.4 is 10.6 Å². The van der Waals surface area contributed by atoms with Gasteiger partial charge in [0, 0.05) is 35.9 Å². The van der Waals surface area contributed by atoms with Crippen LogP contribution in [0, 0.1) is 0 Å². The van der Waals surface area contributed by atoms with Crippen molar-refractivity contribution in [1.29, 1.82) is 0 Å². The molecule has 0 unspecified atom stereocenters. The molecule has 168 valence electrons. The molecule has 0 bridgehead atoms. The van der Waals surface area contributed by atoms with E-state index < -0.39 is 0 Å². The highest BCUT2D eigenvalue weighted by atomic mass is 17.0. The summed E-state index contributed by atoms with van der Waals surface area (Å²) in [5, 5.41) is 10.7. The Hall–Kier alpha value is -4.09. The van der Waals surface area contributed by atoms with Crippen LogP contribution in [0.15, 0.2) is 100 Å². The average molecular weight is 448 g/mol. The van der Waals surface area contributed by atoms with Gasteiger partial charge in [0.05, 0.1) is 5.52 Å². The summed E-state index contributed by atoms with van der Waals surface area (Å²) in [7, 11) is 0. The number of para-hydroxylation sites is 1. The van der Waals surface area contributed by atoms with Gasteiger partial charge in [0.1, 0.15) is 0 Å². The average Bonchev–Trinajstić information content (AvgIpc) is 2.86. The van der Waals surface area contributed by atoms with E-state index in [1.54, 1.807) is 0 Å². The van der Waals surface area contributed by atoms with E-state index in [4.69, 9.17) is 9.15 Å². The van der Waals surface area contributed by atoms with E-state index in [-0.39, 0.29) is 0 Å². The van der Waals surface area contributed by atoms with Gasteiger partial charge in [0.2, 0.25) is 11.2 Å². The van der Waals surface area contributed by atoms with Crippen molar-refractivity contribution in [3.05, 3.63) is 96.7 Å². The molecule has 0 atom stereocenters. The van der Waals surface area contributed by atoms with Crippen molar-refractivity contribution in [3.8, 4) is 11.1 Å². The topological polar surface area (TPSA) is 63.2 Å². The Morgan fingerprint density at radius 1 is 0.765 bits per heavy atom. The Kier molecular flexibility index (Phi) is 5.45. The van der Waals surface area contributed by atoms with Gasteiger partial charge in [-0.1, -0.05) is 66.7 Å². The van der Waals surface area contributed by atoms with Gasteiger partial charge in [-0.2, -0.15) is 0 Å². The second-order valence-corrected chi connectivity index (χ2v) is 8.49. The highest BCUT2D eigenvalue weighted by Crippen LogP contribution is 2.32. The number of fused-ring (bicyclic) bond motifs is 3. The molecule has 0 saturated carbocycles. The minimum absolute atomic E-state index is 0.766. The van der Waals surface area contributed by atoms with Gasteiger partial charge < -0.3 is 10.6 Å². The molecule has 2 heterocycles. The molecule has 0 fully saturated rings. The highest BCUT2D eigenvalue weighted by Gasteiger charge is 2.10. The minimum Gasteiger partial charge on any atom is -0.384 e. The zero-order valence-electron chi connectivity index (χ0n) is 18.8. The molecule has 34 heavy (non-hydrogen) atoms. The molecule has 0 aliphatic carbocycles. The Morgan fingerprint density at radius 3 is 2.62 bits per heavy atom. The first-order valence-electron chi connectivity index (χ1n) is 11.6. The van der Waals surface area contributed by atoms with Gasteiger partial charge in [0.25, 0.3) is 0 Å². The number of aromatic nitrogens is 1. The molecule has 4 aromatic carbocycles. The minimum atomic E-state index is 0.766. The fourth-order valence-corrected chi connectivity index (χ4v) is 4.52. The predicted octanol–water partition coefficient (Wildman–Crippen LogP) is 6.99. The SMILES string of the molecule is c1ccc2c(-c3ccc4c(NCCCNCc5cccc6ooc56)ccnc4c3)cccc2c1. The van der Waals surface area contributed by atoms with Crippen molar-refractivity contribution in [2.75, 3.05) is 18.4 Å². The van der Waals surface area contributed by atoms with Gasteiger partial charge in [0.15, 0.2) is 0 Å². The van der Waals surface area contributed by atoms with Gasteiger partial charge in [-0.15, -0.1) is 0 Å². The lowest BCUT2D eigenvalue weighted by atomic mass is 9.97. The van der Waals surface area contributed by atoms with Crippen molar-refractivity contribution >= 4 is 38.5 Å². The number of pyridine rings is 1. The van der Waals surface area contributed by atoms with Crippen LogP contribution in [-0.2, 0) is 6.54 Å². The van der Waals surface area contributed by atoms with E-state index in [9.17, 15) is 0 Å². The van der Waals surface area contributed by atoms with Crippen LogP contribution in [0.2, 0.25) is 0 Å². The number of rotatable bonds is 8. The van der Waals surface area contributed by atoms with E-state index in [1.165, 1.54) is 21.9 Å². The summed E-state index contributed by atoms with van der Waals surface area (Å²) >= 11 is 0. The second-order valence-electron chi connectivity index (χ2n) is 8.49. The van der Waals surface area contributed by atoms with Gasteiger partial charge >= 0.3 is 0 Å². The first kappa shape index (κ1) is 20.5. The Bertz CT molecular complexity index is 1580. The largest absolute Gasteiger partial charge is 0.384 e. The number of anilines is 1. The summed E-state index contributed by atoms with van der Waals surface area (Å²) in [6.07, 6.45) is 2.88. The van der Waals surface area contributed by atoms with E-state index in [0.29, 0.717) is 0 Å². The number of hydrogen-bond donors (Lipinski definition) is 2. The van der Waals surface area contributed by atoms with Crippen LogP contribution in [0.4, 0.5) is 5.69 Å². The lowest BCUT2D eigenvalue weighted by molar-refractivity contribution is 0.0580. The third-order valence-corrected chi connectivity index (χ3v) is 6.28. The molecule has 0 aliphatic rings. The molecule has 2 N–H and O–H groups in total. The van der Waals surface area contributed by atoms with E-state index in [2.05, 4.69) is 88.4 Å².